The fraction of sp³-hybridized carbons (Fsp3) is 0.214. The predicted octanol–water partition coefficient (Wildman–Crippen LogP) is 8.83. The van der Waals surface area contributed by atoms with Crippen LogP contribution in [0.2, 0.25) is 5.02 Å². The molecule has 0 saturated heterocycles. The minimum atomic E-state index is -0.374. The second-order valence-corrected chi connectivity index (χ2v) is 10.0. The molecule has 0 aromatic heterocycles. The summed E-state index contributed by atoms with van der Waals surface area (Å²) in [5.74, 6) is 0.738. The van der Waals surface area contributed by atoms with E-state index in [-0.39, 0.29) is 10.8 Å². The summed E-state index contributed by atoms with van der Waals surface area (Å²) >= 11 is 8.06. The van der Waals surface area contributed by atoms with Crippen molar-refractivity contribution >= 4 is 44.6 Å². The van der Waals surface area contributed by atoms with Gasteiger partial charge in [0.2, 0.25) is 0 Å². The Morgan fingerprint density at radius 3 is 2.58 bits per heavy atom. The van der Waals surface area contributed by atoms with Crippen molar-refractivity contribution < 1.29 is 4.39 Å². The van der Waals surface area contributed by atoms with Gasteiger partial charge in [0.15, 0.2) is 0 Å². The van der Waals surface area contributed by atoms with Crippen molar-refractivity contribution in [2.24, 2.45) is 0 Å². The maximum Gasteiger partial charge on any atom is 0.141 e. The molecule has 2 aliphatic carbocycles. The number of hydrogen-bond acceptors (Lipinski definition) is 1. The van der Waals surface area contributed by atoms with Crippen LogP contribution < -0.4 is 0 Å². The Bertz CT molecular complexity index is 1330. The van der Waals surface area contributed by atoms with Crippen LogP contribution in [0.3, 0.4) is 0 Å². The van der Waals surface area contributed by atoms with Gasteiger partial charge in [0, 0.05) is 16.2 Å². The van der Waals surface area contributed by atoms with Crippen LogP contribution in [0.25, 0.3) is 32.4 Å². The first-order valence-corrected chi connectivity index (χ1v) is 12.3. The van der Waals surface area contributed by atoms with E-state index in [9.17, 15) is 4.39 Å². The molecule has 3 aliphatic rings. The number of benzene rings is 3. The van der Waals surface area contributed by atoms with Crippen LogP contribution in [-0.4, -0.2) is 5.75 Å². The van der Waals surface area contributed by atoms with E-state index >= 15 is 0 Å². The summed E-state index contributed by atoms with van der Waals surface area (Å²) in [5, 5.41) is 2.81. The van der Waals surface area contributed by atoms with Gasteiger partial charge in [-0.1, -0.05) is 65.7 Å². The van der Waals surface area contributed by atoms with E-state index in [2.05, 4.69) is 42.5 Å². The number of allylic oxidation sites excluding steroid dienone is 5. The molecule has 3 heteroatoms. The highest BCUT2D eigenvalue weighted by Crippen LogP contribution is 2.46. The van der Waals surface area contributed by atoms with Crippen molar-refractivity contribution in [1.29, 1.82) is 0 Å². The third-order valence-corrected chi connectivity index (χ3v) is 8.15. The van der Waals surface area contributed by atoms with Crippen LogP contribution >= 0.6 is 23.4 Å². The first kappa shape index (κ1) is 19.4. The Morgan fingerprint density at radius 2 is 1.74 bits per heavy atom. The molecule has 0 N–H and O–H groups in total. The van der Waals surface area contributed by atoms with E-state index < -0.39 is 0 Å². The highest BCUT2D eigenvalue weighted by Gasteiger charge is 2.24. The molecule has 0 atom stereocenters. The maximum absolute atomic E-state index is 13.8. The maximum atomic E-state index is 13.8. The number of hydrogen-bond donors (Lipinski definition) is 0. The average molecular weight is 445 g/mol. The van der Waals surface area contributed by atoms with E-state index in [0.29, 0.717) is 0 Å². The number of rotatable bonds is 2. The van der Waals surface area contributed by atoms with Gasteiger partial charge < -0.3 is 0 Å². The lowest BCUT2D eigenvalue weighted by Crippen LogP contribution is -2.07. The van der Waals surface area contributed by atoms with Gasteiger partial charge in [-0.2, -0.15) is 0 Å². The average Bonchev–Trinajstić information content (AvgIpc) is 3.34. The summed E-state index contributed by atoms with van der Waals surface area (Å²) in [7, 11) is 0. The van der Waals surface area contributed by atoms with Gasteiger partial charge in [-0.05, 0) is 82.8 Å². The van der Waals surface area contributed by atoms with Crippen LogP contribution in [-0.2, 0) is 6.42 Å². The molecule has 0 bridgehead atoms. The predicted molar refractivity (Wildman–Crippen MR) is 133 cm³/mol. The van der Waals surface area contributed by atoms with Crippen molar-refractivity contribution in [2.45, 2.75) is 32.1 Å². The molecule has 1 heterocycles. The second-order valence-electron chi connectivity index (χ2n) is 8.47. The smallest absolute Gasteiger partial charge is 0.141 e. The van der Waals surface area contributed by atoms with E-state index in [4.69, 9.17) is 11.6 Å². The molecule has 0 radical (unpaired) electrons. The summed E-state index contributed by atoms with van der Waals surface area (Å²) < 4.78 is 13.8. The minimum Gasteiger partial charge on any atom is -0.205 e. The summed E-state index contributed by atoms with van der Waals surface area (Å²) in [6.45, 7) is 0. The first-order chi connectivity index (χ1) is 15.2. The summed E-state index contributed by atoms with van der Waals surface area (Å²) in [4.78, 5) is 1.33. The number of fused-ring (bicyclic) bond motifs is 4. The molecule has 0 unspecified atom stereocenters. The molecule has 1 aliphatic heterocycles. The molecule has 0 saturated carbocycles. The Morgan fingerprint density at radius 1 is 0.871 bits per heavy atom. The van der Waals surface area contributed by atoms with E-state index in [1.165, 1.54) is 56.8 Å². The normalized spacial score (nSPS) is 17.7. The molecule has 0 fully saturated rings. The van der Waals surface area contributed by atoms with Gasteiger partial charge in [0.05, 0.1) is 5.02 Å². The topological polar surface area (TPSA) is 0 Å². The van der Waals surface area contributed by atoms with Crippen LogP contribution in [0.5, 0.6) is 0 Å². The number of thioether (sulfide) groups is 1. The van der Waals surface area contributed by atoms with Crippen molar-refractivity contribution in [1.82, 2.24) is 0 Å². The Kier molecular flexibility index (Phi) is 4.81. The van der Waals surface area contributed by atoms with Crippen molar-refractivity contribution in [2.75, 3.05) is 5.75 Å². The highest BCUT2D eigenvalue weighted by atomic mass is 35.5. The molecule has 154 valence electrons. The van der Waals surface area contributed by atoms with Crippen LogP contribution in [0.4, 0.5) is 4.39 Å². The minimum absolute atomic E-state index is 0.172. The van der Waals surface area contributed by atoms with Gasteiger partial charge in [0.1, 0.15) is 5.82 Å². The molecule has 0 spiro atoms. The monoisotopic (exact) mass is 444 g/mol. The molecule has 3 aromatic carbocycles. The van der Waals surface area contributed by atoms with E-state index in [0.717, 1.165) is 36.1 Å². The van der Waals surface area contributed by atoms with Gasteiger partial charge in [-0.25, -0.2) is 4.39 Å². The molecular weight excluding hydrogens is 423 g/mol. The van der Waals surface area contributed by atoms with Gasteiger partial charge in [-0.3, -0.25) is 0 Å². The summed E-state index contributed by atoms with van der Waals surface area (Å²) in [6.07, 6.45) is 12.7. The third kappa shape index (κ3) is 3.20. The van der Waals surface area contributed by atoms with Gasteiger partial charge >= 0.3 is 0 Å². The molecule has 6 rings (SSSR count). The van der Waals surface area contributed by atoms with Crippen molar-refractivity contribution in [3.05, 3.63) is 93.8 Å². The summed E-state index contributed by atoms with van der Waals surface area (Å²) in [5.41, 5.74) is 9.29. The number of halogens is 2. The largest absolute Gasteiger partial charge is 0.205 e. The Hall–Kier alpha value is -2.29. The van der Waals surface area contributed by atoms with Crippen LogP contribution in [0.1, 0.15) is 42.4 Å². The fourth-order valence-corrected chi connectivity index (χ4v) is 6.51. The highest BCUT2D eigenvalue weighted by molar-refractivity contribution is 8.08. The number of aryl methyl sites for hydroxylation is 1. The van der Waals surface area contributed by atoms with Gasteiger partial charge in [0.25, 0.3) is 0 Å². The fourth-order valence-electron chi connectivity index (χ4n) is 5.28. The third-order valence-electron chi connectivity index (χ3n) is 6.74. The zero-order valence-electron chi connectivity index (χ0n) is 17.2. The molecule has 3 aromatic rings. The zero-order chi connectivity index (χ0) is 20.9. The molecular formula is C28H22ClFS. The van der Waals surface area contributed by atoms with E-state index in [1.807, 2.05) is 17.8 Å². The zero-order valence-corrected chi connectivity index (χ0v) is 18.8. The summed E-state index contributed by atoms with van der Waals surface area (Å²) in [6, 6.07) is 14.2. The van der Waals surface area contributed by atoms with E-state index in [1.54, 1.807) is 11.6 Å². The van der Waals surface area contributed by atoms with Crippen molar-refractivity contribution in [3.63, 3.8) is 0 Å². The lowest BCUT2D eigenvalue weighted by molar-refractivity contribution is 0.628. The van der Waals surface area contributed by atoms with Crippen LogP contribution in [0, 0.1) is 5.82 Å². The standard InChI is InChI=1S/C28H22ClFS/c29-25-16-18(8-14-26(25)30)20-10-11-23-22-9-7-17-4-1-2-5-19(17)21(22)12-13-24(23)28(20)27-6-3-15-31-27/h2,5-6,8,10-14,16H,1,3-4,7,9,15H2. The molecule has 31 heavy (non-hydrogen) atoms. The first-order valence-electron chi connectivity index (χ1n) is 11.0. The lowest BCUT2D eigenvalue weighted by atomic mass is 9.78. The van der Waals surface area contributed by atoms with Crippen molar-refractivity contribution in [3.8, 4) is 11.1 Å². The lowest BCUT2D eigenvalue weighted by Gasteiger charge is -2.26. The molecule has 0 amide bonds. The van der Waals surface area contributed by atoms with Crippen LogP contribution in [0.15, 0.2) is 66.3 Å². The Balaban J connectivity index is 1.62. The second kappa shape index (κ2) is 7.69. The quantitative estimate of drug-likeness (QED) is 0.380. The molecule has 0 nitrogen and oxygen atoms in total. The Labute approximate surface area is 191 Å². The van der Waals surface area contributed by atoms with Gasteiger partial charge in [-0.15, -0.1) is 11.8 Å². The SMILES string of the molecule is Fc1ccc(-c2ccc3c4c(ccc3c2C2=CCCS2)C2=C(CCC=C2)CC4)cc1Cl.